The Morgan fingerprint density at radius 2 is 1.90 bits per heavy atom. The Bertz CT molecular complexity index is 472. The molecule has 0 radical (unpaired) electrons. The number of aromatic nitrogens is 2. The molecule has 7 heteroatoms. The Morgan fingerprint density at radius 1 is 1.19 bits per heavy atom. The van der Waals surface area contributed by atoms with Crippen molar-refractivity contribution >= 4 is 12.0 Å². The summed E-state index contributed by atoms with van der Waals surface area (Å²) < 4.78 is 5.16. The lowest BCUT2D eigenvalue weighted by Gasteiger charge is -2.33. The molecule has 0 unspecified atom stereocenters. The van der Waals surface area contributed by atoms with E-state index in [0.717, 1.165) is 12.8 Å². The van der Waals surface area contributed by atoms with Gasteiger partial charge in [-0.05, 0) is 6.42 Å². The number of hydrogen-bond donors (Lipinski definition) is 0. The first-order valence-corrected chi connectivity index (χ1v) is 7.19. The molecule has 1 saturated heterocycles. The summed E-state index contributed by atoms with van der Waals surface area (Å²) >= 11 is 0. The van der Waals surface area contributed by atoms with Crippen LogP contribution < -0.4 is 0 Å². The van der Waals surface area contributed by atoms with Gasteiger partial charge in [-0.15, -0.1) is 0 Å². The fourth-order valence-electron chi connectivity index (χ4n) is 2.06. The summed E-state index contributed by atoms with van der Waals surface area (Å²) in [5.74, 6) is -0.151. The minimum absolute atomic E-state index is 0.151. The molecule has 7 nitrogen and oxygen atoms in total. The minimum atomic E-state index is -0.296. The van der Waals surface area contributed by atoms with E-state index in [1.807, 2.05) is 6.92 Å². The summed E-state index contributed by atoms with van der Waals surface area (Å²) in [6, 6.07) is 0. The molecular formula is C14H20N4O3. The summed E-state index contributed by atoms with van der Waals surface area (Å²) in [6.45, 7) is 4.43. The van der Waals surface area contributed by atoms with E-state index in [0.29, 0.717) is 38.5 Å². The number of piperazine rings is 1. The summed E-state index contributed by atoms with van der Waals surface area (Å²) in [5, 5.41) is 0. The van der Waals surface area contributed by atoms with Gasteiger partial charge in [-0.1, -0.05) is 13.3 Å². The van der Waals surface area contributed by atoms with Gasteiger partial charge in [0.05, 0.1) is 12.8 Å². The molecule has 2 rings (SSSR count). The molecule has 1 aromatic heterocycles. The number of nitrogens with zero attached hydrogens (tertiary/aromatic N) is 4. The minimum Gasteiger partial charge on any atom is -0.449 e. The predicted molar refractivity (Wildman–Crippen MR) is 75.8 cm³/mol. The van der Waals surface area contributed by atoms with Crippen molar-refractivity contribution < 1.29 is 14.3 Å². The summed E-state index contributed by atoms with van der Waals surface area (Å²) in [5.41, 5.74) is 0.330. The topological polar surface area (TPSA) is 75.6 Å². The molecule has 1 fully saturated rings. The van der Waals surface area contributed by atoms with Gasteiger partial charge >= 0.3 is 6.09 Å². The van der Waals surface area contributed by atoms with Crippen LogP contribution >= 0.6 is 0 Å². The SMILES string of the molecule is CCCCOC(=O)N1CCN(C(=O)c2cnccn2)CC1. The first kappa shape index (κ1) is 15.2. The van der Waals surface area contributed by atoms with Crippen LogP contribution in [0, 0.1) is 0 Å². The third kappa shape index (κ3) is 4.14. The Balaban J connectivity index is 1.80. The molecular weight excluding hydrogens is 272 g/mol. The first-order chi connectivity index (χ1) is 10.2. The molecule has 114 valence electrons. The van der Waals surface area contributed by atoms with Crippen LogP contribution in [0.15, 0.2) is 18.6 Å². The zero-order valence-corrected chi connectivity index (χ0v) is 12.2. The van der Waals surface area contributed by atoms with Gasteiger partial charge in [0.25, 0.3) is 5.91 Å². The molecule has 0 aliphatic carbocycles. The molecule has 0 aromatic carbocycles. The number of unbranched alkanes of at least 4 members (excludes halogenated alkanes) is 1. The summed E-state index contributed by atoms with van der Waals surface area (Å²) in [7, 11) is 0. The Hall–Kier alpha value is -2.18. The second-order valence-electron chi connectivity index (χ2n) is 4.84. The highest BCUT2D eigenvalue weighted by atomic mass is 16.6. The van der Waals surface area contributed by atoms with Gasteiger partial charge in [0.2, 0.25) is 0 Å². The third-order valence-electron chi connectivity index (χ3n) is 3.33. The maximum Gasteiger partial charge on any atom is 0.409 e. The zero-order chi connectivity index (χ0) is 15.1. The number of carbonyl (C=O) groups excluding carboxylic acids is 2. The van der Waals surface area contributed by atoms with Crippen LogP contribution in [0.25, 0.3) is 0 Å². The largest absolute Gasteiger partial charge is 0.449 e. The molecule has 0 saturated carbocycles. The maximum atomic E-state index is 12.2. The number of amides is 2. The average molecular weight is 292 g/mol. The van der Waals surface area contributed by atoms with Gasteiger partial charge < -0.3 is 14.5 Å². The van der Waals surface area contributed by atoms with Gasteiger partial charge in [-0.25, -0.2) is 9.78 Å². The van der Waals surface area contributed by atoms with Crippen molar-refractivity contribution in [2.75, 3.05) is 32.8 Å². The van der Waals surface area contributed by atoms with E-state index < -0.39 is 0 Å². The highest BCUT2D eigenvalue weighted by Gasteiger charge is 2.26. The second kappa shape index (κ2) is 7.56. The van der Waals surface area contributed by atoms with Crippen molar-refractivity contribution in [2.45, 2.75) is 19.8 Å². The molecule has 21 heavy (non-hydrogen) atoms. The number of rotatable bonds is 4. The standard InChI is InChI=1S/C14H20N4O3/c1-2-3-10-21-14(20)18-8-6-17(7-9-18)13(19)12-11-15-4-5-16-12/h4-5,11H,2-3,6-10H2,1H3. The van der Waals surface area contributed by atoms with E-state index in [9.17, 15) is 9.59 Å². The van der Waals surface area contributed by atoms with Gasteiger partial charge in [0.15, 0.2) is 0 Å². The average Bonchev–Trinajstić information content (AvgIpc) is 2.55. The Kier molecular flexibility index (Phi) is 5.48. The maximum absolute atomic E-state index is 12.2. The van der Waals surface area contributed by atoms with Crippen molar-refractivity contribution in [3.8, 4) is 0 Å². The Morgan fingerprint density at radius 3 is 2.52 bits per heavy atom. The van der Waals surface area contributed by atoms with Gasteiger partial charge in [0.1, 0.15) is 5.69 Å². The highest BCUT2D eigenvalue weighted by molar-refractivity contribution is 5.92. The van der Waals surface area contributed by atoms with Crippen molar-refractivity contribution in [1.29, 1.82) is 0 Å². The third-order valence-corrected chi connectivity index (χ3v) is 3.33. The van der Waals surface area contributed by atoms with Crippen LogP contribution in [0.2, 0.25) is 0 Å². The lowest BCUT2D eigenvalue weighted by molar-refractivity contribution is 0.0553. The highest BCUT2D eigenvalue weighted by Crippen LogP contribution is 2.07. The van der Waals surface area contributed by atoms with Crippen molar-refractivity contribution in [1.82, 2.24) is 19.8 Å². The zero-order valence-electron chi connectivity index (χ0n) is 12.2. The number of hydrogen-bond acceptors (Lipinski definition) is 5. The van der Waals surface area contributed by atoms with Crippen LogP contribution in [0.1, 0.15) is 30.3 Å². The number of ether oxygens (including phenoxy) is 1. The predicted octanol–water partition coefficient (Wildman–Crippen LogP) is 1.17. The van der Waals surface area contributed by atoms with Crippen molar-refractivity contribution in [2.24, 2.45) is 0 Å². The Labute approximate surface area is 123 Å². The van der Waals surface area contributed by atoms with Gasteiger partial charge in [-0.3, -0.25) is 9.78 Å². The van der Waals surface area contributed by atoms with Crippen LogP contribution in [0.3, 0.4) is 0 Å². The summed E-state index contributed by atoms with van der Waals surface area (Å²) in [4.78, 5) is 35.2. The van der Waals surface area contributed by atoms with E-state index in [1.54, 1.807) is 9.80 Å². The van der Waals surface area contributed by atoms with E-state index in [1.165, 1.54) is 18.6 Å². The van der Waals surface area contributed by atoms with Crippen molar-refractivity contribution in [3.05, 3.63) is 24.3 Å². The molecule has 0 N–H and O–H groups in total. The monoisotopic (exact) mass is 292 g/mol. The van der Waals surface area contributed by atoms with E-state index >= 15 is 0 Å². The van der Waals surface area contributed by atoms with Crippen LogP contribution in [0.4, 0.5) is 4.79 Å². The molecule has 0 spiro atoms. The second-order valence-corrected chi connectivity index (χ2v) is 4.84. The summed E-state index contributed by atoms with van der Waals surface area (Å²) in [6.07, 6.45) is 6.04. The molecule has 2 amide bonds. The lowest BCUT2D eigenvalue weighted by atomic mass is 10.3. The van der Waals surface area contributed by atoms with Crippen LogP contribution in [-0.2, 0) is 4.74 Å². The fourth-order valence-corrected chi connectivity index (χ4v) is 2.06. The molecule has 0 atom stereocenters. The molecule has 1 aromatic rings. The lowest BCUT2D eigenvalue weighted by Crippen LogP contribution is -2.50. The molecule has 1 aliphatic rings. The van der Waals surface area contributed by atoms with Crippen molar-refractivity contribution in [3.63, 3.8) is 0 Å². The quantitative estimate of drug-likeness (QED) is 0.779. The van der Waals surface area contributed by atoms with Crippen LogP contribution in [0.5, 0.6) is 0 Å². The first-order valence-electron chi connectivity index (χ1n) is 7.19. The molecule has 0 bridgehead atoms. The van der Waals surface area contributed by atoms with Gasteiger partial charge in [0, 0.05) is 38.6 Å². The van der Waals surface area contributed by atoms with E-state index in [-0.39, 0.29) is 12.0 Å². The number of carbonyl (C=O) groups is 2. The normalized spacial score (nSPS) is 14.9. The van der Waals surface area contributed by atoms with Crippen LogP contribution in [-0.4, -0.2) is 64.6 Å². The molecule has 1 aliphatic heterocycles. The fraction of sp³-hybridized carbons (Fsp3) is 0.571. The van der Waals surface area contributed by atoms with Gasteiger partial charge in [-0.2, -0.15) is 0 Å². The van der Waals surface area contributed by atoms with E-state index in [4.69, 9.17) is 4.74 Å². The molecule has 2 heterocycles. The van der Waals surface area contributed by atoms with E-state index in [2.05, 4.69) is 9.97 Å². The smallest absolute Gasteiger partial charge is 0.409 e.